The summed E-state index contributed by atoms with van der Waals surface area (Å²) in [6.45, 7) is 30.5. The van der Waals surface area contributed by atoms with E-state index in [4.69, 9.17) is 4.42 Å². The number of rotatable bonds is 7. The van der Waals surface area contributed by atoms with Gasteiger partial charge in [-0.25, -0.2) is 0 Å². The van der Waals surface area contributed by atoms with Crippen molar-refractivity contribution >= 4 is 97.2 Å². The lowest BCUT2D eigenvalue weighted by Gasteiger charge is -2.47. The molecule has 3 heterocycles. The molecule has 0 spiro atoms. The first-order valence-electron chi connectivity index (χ1n) is 29.1. The number of nitrogens with zero attached hydrogens (tertiary/aromatic N) is 2. The lowest BCUT2D eigenvalue weighted by atomic mass is 9.35. The molecule has 0 bridgehead atoms. The van der Waals surface area contributed by atoms with Crippen LogP contribution in [-0.4, -0.2) is 14.8 Å². The van der Waals surface area contributed by atoms with Crippen molar-refractivity contribution in [2.75, 3.05) is 9.80 Å². The zero-order valence-corrected chi connectivity index (χ0v) is 50.3. The van der Waals surface area contributed by atoms with Crippen LogP contribution >= 0.6 is 0 Å². The van der Waals surface area contributed by atoms with Gasteiger partial charge >= 0.3 is 0 Å². The highest BCUT2D eigenvalue weighted by molar-refractivity contribution is 7.19. The molecule has 0 atom stereocenters. The van der Waals surface area contributed by atoms with Crippen molar-refractivity contribution in [3.63, 3.8) is 0 Å². The average molecular weight is 1060 g/mol. The van der Waals surface area contributed by atoms with E-state index in [2.05, 4.69) is 294 Å². The van der Waals surface area contributed by atoms with E-state index in [1.54, 1.807) is 0 Å². The molecule has 13 rings (SSSR count). The van der Waals surface area contributed by atoms with Gasteiger partial charge in [0.15, 0.2) is 8.07 Å². The van der Waals surface area contributed by atoms with Crippen molar-refractivity contribution in [1.29, 1.82) is 0 Å². The predicted molar refractivity (Wildman–Crippen MR) is 346 cm³/mol. The van der Waals surface area contributed by atoms with Crippen LogP contribution in [0.5, 0.6) is 0 Å². The van der Waals surface area contributed by atoms with Gasteiger partial charge < -0.3 is 14.2 Å². The molecule has 398 valence electrons. The first-order chi connectivity index (χ1) is 38.1. The summed E-state index contributed by atoms with van der Waals surface area (Å²) in [6, 6.07) is 74.6. The lowest BCUT2D eigenvalue weighted by molar-refractivity contribution is 0.332. The van der Waals surface area contributed by atoms with E-state index in [-0.39, 0.29) is 28.4 Å². The van der Waals surface area contributed by atoms with Crippen LogP contribution in [0.3, 0.4) is 0 Å². The van der Waals surface area contributed by atoms with Gasteiger partial charge in [-0.15, -0.1) is 0 Å². The molecule has 0 fully saturated rings. The van der Waals surface area contributed by atoms with E-state index in [9.17, 15) is 0 Å². The van der Waals surface area contributed by atoms with Gasteiger partial charge in [0.05, 0.1) is 17.0 Å². The highest BCUT2D eigenvalue weighted by atomic mass is 28.3. The third-order valence-corrected chi connectivity index (χ3v) is 23.4. The zero-order valence-electron chi connectivity index (χ0n) is 49.3. The number of hydrogen-bond acceptors (Lipinski definition) is 3. The predicted octanol–water partition coefficient (Wildman–Crippen LogP) is 15.4. The minimum atomic E-state index is -2.68. The van der Waals surface area contributed by atoms with Gasteiger partial charge in [-0.3, -0.25) is 0 Å². The Morgan fingerprint density at radius 2 is 0.950 bits per heavy atom. The van der Waals surface area contributed by atoms with Crippen LogP contribution in [0.1, 0.15) is 121 Å². The van der Waals surface area contributed by atoms with E-state index >= 15 is 0 Å². The number of aryl methyl sites for hydroxylation is 3. The Hall–Kier alpha value is -7.60. The molecule has 1 aliphatic carbocycles. The molecule has 80 heavy (non-hydrogen) atoms. The standard InChI is InChI=1S/C75H75BN2OSi/c1-48-41-65-68-66(42-48)78(69-49(2)43-52(44-50(69)3)51-29-36-59(37-30-51)80(56-23-17-14-18-24-56,57-25-19-15-20-26-57)58-27-21-16-22-28-58)64-47-62-61(74(10,11)39-40-75(62,12)13)46-63(64)76(68)71-70(60-45-54(73(7,8)9)33-38-67(60)79-71)77(65)55-34-31-53(32-35-55)72(4,5)6/h14-38,41-47H,39-40H2,1-13H3. The van der Waals surface area contributed by atoms with Gasteiger partial charge in [0.25, 0.3) is 6.71 Å². The third-order valence-electron chi connectivity index (χ3n) is 18.6. The molecule has 0 N–H and O–H groups in total. The SMILES string of the molecule is Cc1cc2c3c(c1)N(c1ccc(C(C)(C)C)cc1)c1c(oc4ccc(C(C)(C)C)cc14)B3c1cc3c(cc1N2c1c(C)cc(-c2ccc([Si](c4ccccc4)(c4ccccc4)c4ccccc4)cc2)cc1C)C(C)(C)CCC3(C)C. The van der Waals surface area contributed by atoms with Crippen LogP contribution in [0.15, 0.2) is 199 Å². The fraction of sp³-hybridized carbons (Fsp3) is 0.253. The molecule has 10 aromatic rings. The first kappa shape index (κ1) is 51.8. The Kier molecular flexibility index (Phi) is 12.0. The molecule has 5 heteroatoms. The van der Waals surface area contributed by atoms with Gasteiger partial charge in [0.1, 0.15) is 5.58 Å². The van der Waals surface area contributed by atoms with E-state index in [1.807, 2.05) is 0 Å². The minimum Gasteiger partial charge on any atom is -0.468 e. The van der Waals surface area contributed by atoms with Crippen molar-refractivity contribution in [2.24, 2.45) is 0 Å². The average Bonchev–Trinajstić information content (AvgIpc) is 3.56. The summed E-state index contributed by atoms with van der Waals surface area (Å²) in [5, 5.41) is 6.67. The first-order valence-corrected chi connectivity index (χ1v) is 31.1. The largest absolute Gasteiger partial charge is 0.468 e. The van der Waals surface area contributed by atoms with E-state index < -0.39 is 8.07 Å². The van der Waals surface area contributed by atoms with E-state index in [0.29, 0.717) is 0 Å². The summed E-state index contributed by atoms with van der Waals surface area (Å²) in [4.78, 5) is 5.22. The van der Waals surface area contributed by atoms with Crippen LogP contribution in [0.2, 0.25) is 0 Å². The summed E-state index contributed by atoms with van der Waals surface area (Å²) < 4.78 is 7.46. The second-order valence-electron chi connectivity index (χ2n) is 27.0. The Morgan fingerprint density at radius 1 is 0.463 bits per heavy atom. The van der Waals surface area contributed by atoms with Gasteiger partial charge in [-0.1, -0.05) is 209 Å². The lowest BCUT2D eigenvalue weighted by Crippen LogP contribution is -2.74. The van der Waals surface area contributed by atoms with Crippen molar-refractivity contribution < 1.29 is 4.42 Å². The maximum Gasteiger partial charge on any atom is 0.297 e. The summed E-state index contributed by atoms with van der Waals surface area (Å²) in [6.07, 6.45) is 2.28. The second-order valence-corrected chi connectivity index (χ2v) is 30.8. The molecule has 0 amide bonds. The third kappa shape index (κ3) is 8.12. The molecule has 2 aliphatic heterocycles. The van der Waals surface area contributed by atoms with Crippen LogP contribution < -0.4 is 47.1 Å². The van der Waals surface area contributed by atoms with Gasteiger partial charge in [0, 0.05) is 28.1 Å². The van der Waals surface area contributed by atoms with Crippen LogP contribution in [0.25, 0.3) is 22.1 Å². The Morgan fingerprint density at radius 3 is 1.48 bits per heavy atom. The van der Waals surface area contributed by atoms with Crippen molar-refractivity contribution in [1.82, 2.24) is 0 Å². The molecular weight excluding hydrogens is 984 g/mol. The Balaban J connectivity index is 1.03. The van der Waals surface area contributed by atoms with Crippen molar-refractivity contribution in [3.05, 3.63) is 233 Å². The number of benzene rings is 9. The summed E-state index contributed by atoms with van der Waals surface area (Å²) in [5.74, 6) is 0. The minimum absolute atomic E-state index is 0.00213. The second kappa shape index (κ2) is 18.5. The summed E-state index contributed by atoms with van der Waals surface area (Å²) in [7, 11) is -2.68. The summed E-state index contributed by atoms with van der Waals surface area (Å²) >= 11 is 0. The normalized spacial score (nSPS) is 15.3. The number of hydrogen-bond donors (Lipinski definition) is 0. The molecule has 0 radical (unpaired) electrons. The molecule has 3 nitrogen and oxygen atoms in total. The fourth-order valence-corrected chi connectivity index (χ4v) is 19.0. The highest BCUT2D eigenvalue weighted by Gasteiger charge is 2.50. The molecule has 9 aromatic carbocycles. The zero-order chi connectivity index (χ0) is 55.8. The maximum atomic E-state index is 7.46. The molecule has 0 saturated carbocycles. The molecule has 3 aliphatic rings. The van der Waals surface area contributed by atoms with E-state index in [0.717, 1.165) is 40.8 Å². The van der Waals surface area contributed by atoms with Gasteiger partial charge in [0.2, 0.25) is 0 Å². The van der Waals surface area contributed by atoms with Crippen molar-refractivity contribution in [3.8, 4) is 11.1 Å². The number of anilines is 6. The molecule has 0 saturated heterocycles. The summed E-state index contributed by atoms with van der Waals surface area (Å²) in [5.41, 5.74) is 23.4. The van der Waals surface area contributed by atoms with Gasteiger partial charge in [-0.05, 0) is 192 Å². The smallest absolute Gasteiger partial charge is 0.297 e. The Labute approximate surface area is 477 Å². The number of furan rings is 1. The molecule has 0 unspecified atom stereocenters. The highest BCUT2D eigenvalue weighted by Crippen LogP contribution is 2.52. The quantitative estimate of drug-likeness (QED) is 0.117. The van der Waals surface area contributed by atoms with Crippen molar-refractivity contribution in [2.45, 2.75) is 125 Å². The fourth-order valence-electron chi connectivity index (χ4n) is 14.2. The van der Waals surface area contributed by atoms with Gasteiger partial charge in [-0.2, -0.15) is 0 Å². The Bertz CT molecular complexity index is 3930. The number of fused-ring (bicyclic) bond motifs is 7. The maximum absolute atomic E-state index is 7.46. The van der Waals surface area contributed by atoms with Crippen LogP contribution in [0, 0.1) is 20.8 Å². The van der Waals surface area contributed by atoms with Crippen LogP contribution in [0.4, 0.5) is 34.1 Å². The monoisotopic (exact) mass is 1060 g/mol. The van der Waals surface area contributed by atoms with Crippen LogP contribution in [-0.2, 0) is 21.7 Å². The van der Waals surface area contributed by atoms with E-state index in [1.165, 1.54) is 104 Å². The molecule has 1 aromatic heterocycles. The topological polar surface area (TPSA) is 19.6 Å². The molecular formula is C75H75BN2OSi.